The highest BCUT2D eigenvalue weighted by Crippen LogP contribution is 2.35. The Labute approximate surface area is 181 Å². The summed E-state index contributed by atoms with van der Waals surface area (Å²) >= 11 is 3.79. The molecule has 5 heteroatoms. The number of carbonyl (C=O) groups is 1. The fourth-order valence-electron chi connectivity index (χ4n) is 4.24. The quantitative estimate of drug-likeness (QED) is 0.381. The molecule has 0 bridgehead atoms. The third kappa shape index (κ3) is 2.90. The molecular weight excluding hydrogens is 440 g/mol. The van der Waals surface area contributed by atoms with Crippen LogP contribution in [0.2, 0.25) is 0 Å². The molecule has 1 amide bonds. The maximum atomic E-state index is 12.1. The van der Waals surface area contributed by atoms with Gasteiger partial charge in [-0.05, 0) is 56.0 Å². The lowest BCUT2D eigenvalue weighted by molar-refractivity contribution is 0.100. The second-order valence-corrected chi connectivity index (χ2v) is 8.21. The fourth-order valence-corrected chi connectivity index (χ4v) is 4.85. The van der Waals surface area contributed by atoms with Crippen molar-refractivity contribution < 1.29 is 9.90 Å². The molecule has 5 aromatic rings. The second-order valence-electron chi connectivity index (χ2n) is 7.42. The van der Waals surface area contributed by atoms with Gasteiger partial charge in [0.05, 0.1) is 12.1 Å². The highest BCUT2D eigenvalue weighted by molar-refractivity contribution is 9.10. The van der Waals surface area contributed by atoms with Gasteiger partial charge in [-0.3, -0.25) is 4.79 Å². The molecule has 3 N–H and O–H groups in total. The minimum Gasteiger partial charge on any atom is -0.392 e. The summed E-state index contributed by atoms with van der Waals surface area (Å²) in [5, 5.41) is 13.8. The Morgan fingerprint density at radius 2 is 1.77 bits per heavy atom. The number of halogens is 1. The van der Waals surface area contributed by atoms with Crippen molar-refractivity contribution in [1.82, 2.24) is 4.57 Å². The van der Waals surface area contributed by atoms with E-state index >= 15 is 0 Å². The molecule has 0 saturated heterocycles. The Hall–Kier alpha value is -3.15. The summed E-state index contributed by atoms with van der Waals surface area (Å²) in [6.07, 6.45) is 0. The van der Waals surface area contributed by atoms with Crippen molar-refractivity contribution in [1.29, 1.82) is 0 Å². The molecule has 148 valence electrons. The van der Waals surface area contributed by atoms with Gasteiger partial charge >= 0.3 is 0 Å². The number of aliphatic hydroxyl groups excluding tert-OH is 1. The van der Waals surface area contributed by atoms with Crippen LogP contribution >= 0.6 is 15.9 Å². The molecule has 0 unspecified atom stereocenters. The van der Waals surface area contributed by atoms with E-state index in [2.05, 4.69) is 44.8 Å². The van der Waals surface area contributed by atoms with Gasteiger partial charge in [0, 0.05) is 32.9 Å². The predicted octanol–water partition coefficient (Wildman–Crippen LogP) is 5.35. The number of aromatic nitrogens is 1. The van der Waals surface area contributed by atoms with E-state index in [9.17, 15) is 9.90 Å². The van der Waals surface area contributed by atoms with Crippen molar-refractivity contribution in [3.8, 4) is 0 Å². The van der Waals surface area contributed by atoms with Crippen molar-refractivity contribution in [3.63, 3.8) is 0 Å². The van der Waals surface area contributed by atoms with E-state index in [4.69, 9.17) is 5.73 Å². The molecule has 0 fully saturated rings. The second kappa shape index (κ2) is 7.27. The Morgan fingerprint density at radius 1 is 0.933 bits per heavy atom. The number of benzene rings is 4. The number of fused-ring (bicyclic) bond motifs is 4. The number of rotatable bonds is 4. The van der Waals surface area contributed by atoms with Gasteiger partial charge in [-0.25, -0.2) is 0 Å². The summed E-state index contributed by atoms with van der Waals surface area (Å²) in [5.41, 5.74) is 10.0. The van der Waals surface area contributed by atoms with E-state index in [0.717, 1.165) is 42.8 Å². The van der Waals surface area contributed by atoms with Gasteiger partial charge in [-0.15, -0.1) is 0 Å². The SMILES string of the molecule is NC(=O)c1cccc2c1c1ccc(CO)cc1n2Cc1ccc2ccccc2c1Br. The number of hydrogen-bond acceptors (Lipinski definition) is 2. The lowest BCUT2D eigenvalue weighted by atomic mass is 10.0. The molecule has 0 spiro atoms. The van der Waals surface area contributed by atoms with Gasteiger partial charge in [0.15, 0.2) is 0 Å². The molecular formula is C25H19BrN2O2. The molecule has 0 aliphatic heterocycles. The fraction of sp³-hybridized carbons (Fsp3) is 0.0800. The van der Waals surface area contributed by atoms with E-state index in [1.54, 1.807) is 6.07 Å². The predicted molar refractivity (Wildman–Crippen MR) is 125 cm³/mol. The molecule has 0 radical (unpaired) electrons. The van der Waals surface area contributed by atoms with Crippen molar-refractivity contribution in [3.05, 3.63) is 94.0 Å². The molecule has 30 heavy (non-hydrogen) atoms. The molecule has 0 atom stereocenters. The first-order valence-electron chi connectivity index (χ1n) is 9.69. The van der Waals surface area contributed by atoms with Gasteiger partial charge in [-0.1, -0.05) is 54.6 Å². The van der Waals surface area contributed by atoms with Gasteiger partial charge in [-0.2, -0.15) is 0 Å². The molecule has 5 rings (SSSR count). The van der Waals surface area contributed by atoms with Crippen LogP contribution in [-0.4, -0.2) is 15.6 Å². The van der Waals surface area contributed by atoms with Gasteiger partial charge < -0.3 is 15.4 Å². The topological polar surface area (TPSA) is 68.2 Å². The summed E-state index contributed by atoms with van der Waals surface area (Å²) in [5.74, 6) is -0.447. The Morgan fingerprint density at radius 3 is 2.57 bits per heavy atom. The monoisotopic (exact) mass is 458 g/mol. The Balaban J connectivity index is 1.80. The van der Waals surface area contributed by atoms with Crippen LogP contribution in [-0.2, 0) is 13.2 Å². The lowest BCUT2D eigenvalue weighted by Crippen LogP contribution is -2.11. The zero-order valence-corrected chi connectivity index (χ0v) is 17.7. The van der Waals surface area contributed by atoms with E-state index in [-0.39, 0.29) is 6.61 Å². The number of primary amides is 1. The highest BCUT2D eigenvalue weighted by atomic mass is 79.9. The van der Waals surface area contributed by atoms with Crippen LogP contribution < -0.4 is 5.73 Å². The zero-order chi connectivity index (χ0) is 20.8. The van der Waals surface area contributed by atoms with E-state index in [1.807, 2.05) is 42.5 Å². The molecule has 4 aromatic carbocycles. The standard InChI is InChI=1S/C25H19BrN2O2/c26-24-17(10-9-16-4-1-2-5-18(16)24)13-28-21-7-3-6-20(25(27)30)23(21)19-11-8-15(14-29)12-22(19)28/h1-12,29H,13-14H2,(H2,27,30). The number of amides is 1. The van der Waals surface area contributed by atoms with Crippen molar-refractivity contribution >= 4 is 54.4 Å². The maximum absolute atomic E-state index is 12.1. The normalized spacial score (nSPS) is 11.5. The van der Waals surface area contributed by atoms with Crippen LogP contribution in [0, 0.1) is 0 Å². The third-order valence-corrected chi connectivity index (χ3v) is 6.61. The average Bonchev–Trinajstić information content (AvgIpc) is 3.08. The van der Waals surface area contributed by atoms with Crippen molar-refractivity contribution in [2.75, 3.05) is 0 Å². The number of carbonyl (C=O) groups excluding carboxylic acids is 1. The number of nitrogens with zero attached hydrogens (tertiary/aromatic N) is 1. The van der Waals surface area contributed by atoms with Gasteiger partial charge in [0.25, 0.3) is 0 Å². The minimum atomic E-state index is -0.447. The first-order valence-corrected chi connectivity index (χ1v) is 10.5. The lowest BCUT2D eigenvalue weighted by Gasteiger charge is -2.12. The van der Waals surface area contributed by atoms with Crippen LogP contribution in [0.15, 0.2) is 77.3 Å². The highest BCUT2D eigenvalue weighted by Gasteiger charge is 2.18. The summed E-state index contributed by atoms with van der Waals surface area (Å²) in [6, 6.07) is 24.0. The van der Waals surface area contributed by atoms with E-state index in [0.29, 0.717) is 12.1 Å². The van der Waals surface area contributed by atoms with Crippen molar-refractivity contribution in [2.45, 2.75) is 13.2 Å². The molecule has 0 aliphatic carbocycles. The number of hydrogen-bond donors (Lipinski definition) is 2. The molecule has 1 heterocycles. The minimum absolute atomic E-state index is 0.0419. The average molecular weight is 459 g/mol. The van der Waals surface area contributed by atoms with Crippen LogP contribution in [0.4, 0.5) is 0 Å². The Kier molecular flexibility index (Phi) is 4.57. The third-order valence-electron chi connectivity index (χ3n) is 5.68. The molecule has 4 nitrogen and oxygen atoms in total. The molecule has 0 saturated carbocycles. The first-order chi connectivity index (χ1) is 14.6. The summed E-state index contributed by atoms with van der Waals surface area (Å²) in [6.45, 7) is 0.572. The van der Waals surface area contributed by atoms with Gasteiger partial charge in [0.1, 0.15) is 0 Å². The van der Waals surface area contributed by atoms with E-state index in [1.165, 1.54) is 5.39 Å². The van der Waals surface area contributed by atoms with Crippen LogP contribution in [0.1, 0.15) is 21.5 Å². The largest absolute Gasteiger partial charge is 0.392 e. The smallest absolute Gasteiger partial charge is 0.249 e. The number of aliphatic hydroxyl groups is 1. The first kappa shape index (κ1) is 18.9. The number of nitrogens with two attached hydrogens (primary N) is 1. The zero-order valence-electron chi connectivity index (χ0n) is 16.1. The van der Waals surface area contributed by atoms with Gasteiger partial charge in [0.2, 0.25) is 5.91 Å². The summed E-state index contributed by atoms with van der Waals surface area (Å²) in [4.78, 5) is 12.1. The van der Waals surface area contributed by atoms with Crippen LogP contribution in [0.5, 0.6) is 0 Å². The Bertz CT molecular complexity index is 1450. The van der Waals surface area contributed by atoms with Crippen LogP contribution in [0.3, 0.4) is 0 Å². The maximum Gasteiger partial charge on any atom is 0.249 e. The van der Waals surface area contributed by atoms with Crippen molar-refractivity contribution in [2.24, 2.45) is 5.73 Å². The van der Waals surface area contributed by atoms with Crippen LogP contribution in [0.25, 0.3) is 32.6 Å². The summed E-state index contributed by atoms with van der Waals surface area (Å²) in [7, 11) is 0. The summed E-state index contributed by atoms with van der Waals surface area (Å²) < 4.78 is 3.24. The molecule has 1 aromatic heterocycles. The van der Waals surface area contributed by atoms with E-state index < -0.39 is 5.91 Å². The molecule has 0 aliphatic rings.